The minimum atomic E-state index is -0.754. The lowest BCUT2D eigenvalue weighted by Crippen LogP contribution is -2.40. The van der Waals surface area contributed by atoms with Crippen LogP contribution in [0, 0.1) is 12.7 Å². The number of carbonyl (C=O) groups is 4. The van der Waals surface area contributed by atoms with Crippen LogP contribution in [0.2, 0.25) is 0 Å². The van der Waals surface area contributed by atoms with E-state index in [0.29, 0.717) is 0 Å². The van der Waals surface area contributed by atoms with E-state index in [1.807, 2.05) is 19.1 Å². The molecule has 2 aromatic carbocycles. The molecule has 0 aliphatic carbocycles. The van der Waals surface area contributed by atoms with Crippen molar-refractivity contribution in [1.29, 1.82) is 0 Å². The molecule has 1 heterocycles. The third-order valence-corrected chi connectivity index (χ3v) is 5.90. The van der Waals surface area contributed by atoms with Crippen molar-refractivity contribution < 1.29 is 23.6 Å². The van der Waals surface area contributed by atoms with Gasteiger partial charge in [-0.25, -0.2) is 9.18 Å². The summed E-state index contributed by atoms with van der Waals surface area (Å²) in [5.41, 5.74) is 7.11. The Balaban J connectivity index is 1.58. The Kier molecular flexibility index (Phi) is 7.83. The second-order valence-corrected chi connectivity index (χ2v) is 8.32. The van der Waals surface area contributed by atoms with Gasteiger partial charge in [0.2, 0.25) is 5.91 Å². The van der Waals surface area contributed by atoms with Crippen molar-refractivity contribution in [2.24, 2.45) is 5.73 Å². The minimum Gasteiger partial charge on any atom is -0.354 e. The number of primary amides is 1. The molecule has 33 heavy (non-hydrogen) atoms. The first-order valence-electron chi connectivity index (χ1n) is 10.1. The van der Waals surface area contributed by atoms with Gasteiger partial charge in [0.05, 0.1) is 17.4 Å². The number of carbonyl (C=O) groups excluding carboxylic acids is 4. The van der Waals surface area contributed by atoms with Crippen LogP contribution in [0.3, 0.4) is 0 Å². The number of benzene rings is 2. The maximum absolute atomic E-state index is 13.8. The highest BCUT2D eigenvalue weighted by Crippen LogP contribution is 2.32. The molecule has 1 aliphatic heterocycles. The van der Waals surface area contributed by atoms with E-state index in [4.69, 9.17) is 5.73 Å². The Labute approximate surface area is 194 Å². The summed E-state index contributed by atoms with van der Waals surface area (Å²) in [6, 6.07) is 11.9. The topological polar surface area (TPSA) is 122 Å². The highest BCUT2D eigenvalue weighted by molar-refractivity contribution is 8.18. The third-order valence-electron chi connectivity index (χ3n) is 4.99. The van der Waals surface area contributed by atoms with Gasteiger partial charge in [0.25, 0.3) is 11.1 Å². The van der Waals surface area contributed by atoms with E-state index in [1.165, 1.54) is 24.3 Å². The Hall–Kier alpha value is -3.66. The zero-order valence-electron chi connectivity index (χ0n) is 17.8. The van der Waals surface area contributed by atoms with Crippen LogP contribution in [0.1, 0.15) is 29.2 Å². The summed E-state index contributed by atoms with van der Waals surface area (Å²) < 4.78 is 13.8. The largest absolute Gasteiger partial charge is 0.354 e. The number of aryl methyl sites for hydroxylation is 1. The van der Waals surface area contributed by atoms with Crippen molar-refractivity contribution in [1.82, 2.24) is 15.5 Å². The summed E-state index contributed by atoms with van der Waals surface area (Å²) in [4.78, 5) is 49.7. The summed E-state index contributed by atoms with van der Waals surface area (Å²) in [6.07, 6.45) is 1.27. The molecule has 1 fully saturated rings. The number of thioether (sulfide) groups is 1. The number of hydrogen-bond donors (Lipinski definition) is 3. The number of halogens is 1. The molecule has 0 radical (unpaired) electrons. The highest BCUT2D eigenvalue weighted by Gasteiger charge is 2.34. The number of imide groups is 1. The van der Waals surface area contributed by atoms with Crippen molar-refractivity contribution in [2.75, 3.05) is 13.1 Å². The summed E-state index contributed by atoms with van der Waals surface area (Å²) in [5.74, 6) is -1.43. The maximum atomic E-state index is 13.8. The van der Waals surface area contributed by atoms with Crippen molar-refractivity contribution in [3.63, 3.8) is 0 Å². The predicted octanol–water partition coefficient (Wildman–Crippen LogP) is 3.09. The summed E-state index contributed by atoms with van der Waals surface area (Å²) in [5, 5.41) is 4.72. The van der Waals surface area contributed by atoms with Crippen LogP contribution in [0.15, 0.2) is 53.4 Å². The second kappa shape index (κ2) is 10.8. The van der Waals surface area contributed by atoms with Crippen LogP contribution >= 0.6 is 11.8 Å². The lowest BCUT2D eigenvalue weighted by atomic mass is 9.98. The van der Waals surface area contributed by atoms with E-state index in [1.54, 1.807) is 18.2 Å². The lowest BCUT2D eigenvalue weighted by Gasteiger charge is -2.20. The number of nitrogens with two attached hydrogens (primary N) is 1. The number of urea groups is 1. The fraction of sp³-hybridized carbons (Fsp3) is 0.217. The van der Waals surface area contributed by atoms with E-state index < -0.39 is 29.0 Å². The average Bonchev–Trinajstić information content (AvgIpc) is 3.02. The van der Waals surface area contributed by atoms with E-state index in [0.717, 1.165) is 27.8 Å². The average molecular weight is 471 g/mol. The van der Waals surface area contributed by atoms with Crippen LogP contribution in [-0.2, 0) is 9.59 Å². The monoisotopic (exact) mass is 470 g/mol. The van der Waals surface area contributed by atoms with Gasteiger partial charge in [-0.15, -0.1) is 0 Å². The number of nitrogens with one attached hydrogen (secondary N) is 2. The molecule has 172 valence electrons. The molecule has 2 aromatic rings. The van der Waals surface area contributed by atoms with Gasteiger partial charge < -0.3 is 16.4 Å². The first-order chi connectivity index (χ1) is 15.8. The normalized spacial score (nSPS) is 15.6. The molecule has 4 N–H and O–H groups in total. The van der Waals surface area contributed by atoms with Gasteiger partial charge in [-0.1, -0.05) is 42.5 Å². The molecular weight excluding hydrogens is 447 g/mol. The van der Waals surface area contributed by atoms with Gasteiger partial charge in [-0.2, -0.15) is 0 Å². The van der Waals surface area contributed by atoms with Crippen molar-refractivity contribution in [3.05, 3.63) is 75.9 Å². The fourth-order valence-electron chi connectivity index (χ4n) is 3.38. The van der Waals surface area contributed by atoms with Gasteiger partial charge in [-0.05, 0) is 42.0 Å². The number of hydrogen-bond acceptors (Lipinski definition) is 5. The minimum absolute atomic E-state index is 0.0287. The molecule has 1 unspecified atom stereocenters. The Bertz CT molecular complexity index is 1120. The molecule has 8 nitrogen and oxygen atoms in total. The van der Waals surface area contributed by atoms with Crippen LogP contribution in [-0.4, -0.2) is 41.1 Å². The molecule has 1 atom stereocenters. The zero-order chi connectivity index (χ0) is 24.0. The van der Waals surface area contributed by atoms with Gasteiger partial charge in [0.1, 0.15) is 5.82 Å². The smallest absolute Gasteiger partial charge is 0.312 e. The second-order valence-electron chi connectivity index (χ2n) is 7.33. The molecule has 10 heteroatoms. The van der Waals surface area contributed by atoms with Crippen molar-refractivity contribution in [3.8, 4) is 0 Å². The zero-order valence-corrected chi connectivity index (χ0v) is 18.7. The van der Waals surface area contributed by atoms with Gasteiger partial charge >= 0.3 is 6.03 Å². The quantitative estimate of drug-likeness (QED) is 0.512. The number of amides is 5. The molecule has 1 aliphatic rings. The third kappa shape index (κ3) is 6.19. The molecule has 0 aromatic heterocycles. The molecule has 5 amide bonds. The first-order valence-corrected chi connectivity index (χ1v) is 11.0. The van der Waals surface area contributed by atoms with E-state index in [2.05, 4.69) is 10.6 Å². The van der Waals surface area contributed by atoms with E-state index >= 15 is 0 Å². The predicted molar refractivity (Wildman–Crippen MR) is 123 cm³/mol. The van der Waals surface area contributed by atoms with Gasteiger partial charge in [-0.3, -0.25) is 19.3 Å². The fourth-order valence-corrected chi connectivity index (χ4v) is 4.23. The standard InChI is InChI=1S/C23H23FN4O4S/c1-14-6-2-4-8-16(14)18(27-22(25)31)13-20(29)26-10-11-28-21(30)19(33-23(28)32)12-15-7-3-5-9-17(15)24/h2-9,12,18H,10-11,13H2,1H3,(H,26,29)(H3,25,27,31). The van der Waals surface area contributed by atoms with Crippen molar-refractivity contribution >= 4 is 40.9 Å². The van der Waals surface area contributed by atoms with Gasteiger partial charge in [0.15, 0.2) is 0 Å². The Morgan fingerprint density at radius 2 is 1.85 bits per heavy atom. The summed E-state index contributed by atoms with van der Waals surface area (Å²) >= 11 is 0.718. The lowest BCUT2D eigenvalue weighted by molar-refractivity contribution is -0.124. The number of nitrogens with zero attached hydrogens (tertiary/aromatic N) is 1. The molecule has 3 rings (SSSR count). The maximum Gasteiger partial charge on any atom is 0.312 e. The Morgan fingerprint density at radius 1 is 1.15 bits per heavy atom. The molecule has 0 spiro atoms. The molecular formula is C23H23FN4O4S. The van der Waals surface area contributed by atoms with E-state index in [9.17, 15) is 23.6 Å². The highest BCUT2D eigenvalue weighted by atomic mass is 32.2. The molecule has 0 saturated carbocycles. The molecule has 0 bridgehead atoms. The van der Waals surface area contributed by atoms with Crippen LogP contribution in [0.25, 0.3) is 6.08 Å². The summed E-state index contributed by atoms with van der Waals surface area (Å²) in [7, 11) is 0. The summed E-state index contributed by atoms with van der Waals surface area (Å²) in [6.45, 7) is 1.85. The van der Waals surface area contributed by atoms with Crippen molar-refractivity contribution in [2.45, 2.75) is 19.4 Å². The number of rotatable bonds is 8. The first kappa shape index (κ1) is 24.0. The van der Waals surface area contributed by atoms with Gasteiger partial charge in [0, 0.05) is 18.7 Å². The van der Waals surface area contributed by atoms with Crippen LogP contribution < -0.4 is 16.4 Å². The SMILES string of the molecule is Cc1ccccc1C(CC(=O)NCCN1C(=O)SC(=Cc2ccccc2F)C1=O)NC(N)=O. The molecule has 1 saturated heterocycles. The van der Waals surface area contributed by atoms with Crippen LogP contribution in [0.5, 0.6) is 0 Å². The Morgan fingerprint density at radius 3 is 2.55 bits per heavy atom. The van der Waals surface area contributed by atoms with Crippen LogP contribution in [0.4, 0.5) is 14.0 Å². The van der Waals surface area contributed by atoms with E-state index in [-0.39, 0.29) is 35.9 Å².